The van der Waals surface area contributed by atoms with Gasteiger partial charge in [-0.15, -0.1) is 0 Å². The number of carbonyl (C=O) groups is 1. The third-order valence-electron chi connectivity index (χ3n) is 5.73. The van der Waals surface area contributed by atoms with Gasteiger partial charge in [-0.25, -0.2) is 4.39 Å². The summed E-state index contributed by atoms with van der Waals surface area (Å²) in [5, 5.41) is 3.23. The molecule has 1 saturated heterocycles. The lowest BCUT2D eigenvalue weighted by Gasteiger charge is -2.34. The van der Waals surface area contributed by atoms with Crippen molar-refractivity contribution >= 4 is 5.91 Å². The summed E-state index contributed by atoms with van der Waals surface area (Å²) in [6.45, 7) is 8.48. The first-order valence-electron chi connectivity index (χ1n) is 9.65. The molecule has 1 saturated carbocycles. The second-order valence-corrected chi connectivity index (χ2v) is 7.29. The van der Waals surface area contributed by atoms with E-state index in [1.807, 2.05) is 12.1 Å². The largest absolute Gasteiger partial charge is 0.353 e. The van der Waals surface area contributed by atoms with E-state index in [-0.39, 0.29) is 17.8 Å². The second-order valence-electron chi connectivity index (χ2n) is 7.29. The molecule has 0 bridgehead atoms. The van der Waals surface area contributed by atoms with Crippen LogP contribution in [0.15, 0.2) is 24.3 Å². The predicted molar refractivity (Wildman–Crippen MR) is 98.1 cm³/mol. The molecule has 0 aromatic heterocycles. The zero-order valence-corrected chi connectivity index (χ0v) is 15.2. The summed E-state index contributed by atoms with van der Waals surface area (Å²) in [5.41, 5.74) is 1.14. The summed E-state index contributed by atoms with van der Waals surface area (Å²) in [5.74, 6) is 0.264. The number of nitrogens with zero attached hydrogens (tertiary/aromatic N) is 2. The average Bonchev–Trinajstić information content (AvgIpc) is 3.09. The third kappa shape index (κ3) is 5.02. The zero-order chi connectivity index (χ0) is 17.6. The monoisotopic (exact) mass is 347 g/mol. The van der Waals surface area contributed by atoms with Crippen LogP contribution in [0.1, 0.15) is 44.1 Å². The number of halogens is 1. The first-order valence-corrected chi connectivity index (χ1v) is 9.65. The highest BCUT2D eigenvalue weighted by Gasteiger charge is 2.29. The summed E-state index contributed by atoms with van der Waals surface area (Å²) >= 11 is 0. The Kier molecular flexibility index (Phi) is 6.43. The number of likely N-dealkylation sites (N-methyl/N-ethyl adjacent to an activating group) is 1. The van der Waals surface area contributed by atoms with Crippen molar-refractivity contribution in [2.75, 3.05) is 39.3 Å². The van der Waals surface area contributed by atoms with E-state index < -0.39 is 0 Å². The van der Waals surface area contributed by atoms with Crippen LogP contribution >= 0.6 is 0 Å². The van der Waals surface area contributed by atoms with Crippen molar-refractivity contribution in [3.63, 3.8) is 0 Å². The van der Waals surface area contributed by atoms with Gasteiger partial charge in [-0.2, -0.15) is 0 Å². The van der Waals surface area contributed by atoms with Gasteiger partial charge in [0.1, 0.15) is 5.82 Å². The minimum Gasteiger partial charge on any atom is -0.353 e. The Morgan fingerprint density at radius 3 is 2.48 bits per heavy atom. The Morgan fingerprint density at radius 2 is 1.80 bits per heavy atom. The SMILES string of the molecule is CCN1CCN(CCC(=O)N[C@H]2CCC[C@@H]2c2ccc(F)cc2)CC1. The fourth-order valence-electron chi connectivity index (χ4n) is 4.11. The number of benzene rings is 1. The van der Waals surface area contributed by atoms with E-state index in [0.29, 0.717) is 12.3 Å². The maximum absolute atomic E-state index is 13.1. The number of hydrogen-bond acceptors (Lipinski definition) is 3. The van der Waals surface area contributed by atoms with Gasteiger partial charge in [0.15, 0.2) is 0 Å². The molecule has 25 heavy (non-hydrogen) atoms. The maximum Gasteiger partial charge on any atom is 0.221 e. The molecule has 0 radical (unpaired) electrons. The average molecular weight is 347 g/mol. The minimum atomic E-state index is -0.203. The molecule has 5 heteroatoms. The summed E-state index contributed by atoms with van der Waals surface area (Å²) < 4.78 is 13.1. The summed E-state index contributed by atoms with van der Waals surface area (Å²) in [4.78, 5) is 17.2. The molecule has 2 aliphatic rings. The van der Waals surface area contributed by atoms with Gasteiger partial charge < -0.3 is 15.1 Å². The van der Waals surface area contributed by atoms with Gasteiger partial charge in [0.05, 0.1) is 0 Å². The van der Waals surface area contributed by atoms with Crippen molar-refractivity contribution in [2.24, 2.45) is 0 Å². The van der Waals surface area contributed by atoms with Gasteiger partial charge in [-0.3, -0.25) is 4.79 Å². The molecule has 138 valence electrons. The summed E-state index contributed by atoms with van der Waals surface area (Å²) in [7, 11) is 0. The van der Waals surface area contributed by atoms with E-state index >= 15 is 0 Å². The Labute approximate surface area is 150 Å². The fraction of sp³-hybridized carbons (Fsp3) is 0.650. The summed E-state index contributed by atoms with van der Waals surface area (Å²) in [6.07, 6.45) is 3.77. The number of piperazine rings is 1. The van der Waals surface area contributed by atoms with Crippen molar-refractivity contribution in [2.45, 2.75) is 44.6 Å². The van der Waals surface area contributed by atoms with E-state index in [0.717, 1.165) is 64.1 Å². The molecular weight excluding hydrogens is 317 g/mol. The number of rotatable bonds is 6. The van der Waals surface area contributed by atoms with Gasteiger partial charge in [0.2, 0.25) is 5.91 Å². The number of nitrogens with one attached hydrogen (secondary N) is 1. The molecule has 0 unspecified atom stereocenters. The standard InChI is InChI=1S/C20H30FN3O/c1-2-23-12-14-24(15-13-23)11-10-20(25)22-19-5-3-4-18(19)16-6-8-17(21)9-7-16/h6-9,18-19H,2-5,10-15H2,1H3,(H,22,25)/t18-,19+/m1/s1. The lowest BCUT2D eigenvalue weighted by molar-refractivity contribution is -0.122. The van der Waals surface area contributed by atoms with Crippen LogP contribution in [0.4, 0.5) is 4.39 Å². The molecule has 1 aliphatic heterocycles. The molecule has 1 amide bonds. The number of amides is 1. The Balaban J connectivity index is 1.45. The molecule has 1 aromatic carbocycles. The van der Waals surface area contributed by atoms with Gasteiger partial charge in [0, 0.05) is 51.1 Å². The predicted octanol–water partition coefficient (Wildman–Crippen LogP) is 2.61. The molecule has 1 N–H and O–H groups in total. The quantitative estimate of drug-likeness (QED) is 0.859. The van der Waals surface area contributed by atoms with E-state index in [1.54, 1.807) is 0 Å². The summed E-state index contributed by atoms with van der Waals surface area (Å²) in [6, 6.07) is 6.94. The van der Waals surface area contributed by atoms with Crippen molar-refractivity contribution in [1.82, 2.24) is 15.1 Å². The number of hydrogen-bond donors (Lipinski definition) is 1. The van der Waals surface area contributed by atoms with Crippen LogP contribution in [-0.2, 0) is 4.79 Å². The molecule has 1 aromatic rings. The van der Waals surface area contributed by atoms with E-state index in [4.69, 9.17) is 0 Å². The third-order valence-corrected chi connectivity index (χ3v) is 5.73. The highest BCUT2D eigenvalue weighted by Crippen LogP contribution is 2.34. The van der Waals surface area contributed by atoms with Crippen LogP contribution in [0.5, 0.6) is 0 Å². The highest BCUT2D eigenvalue weighted by molar-refractivity contribution is 5.76. The molecule has 1 heterocycles. The molecular formula is C20H30FN3O. The lowest BCUT2D eigenvalue weighted by atomic mass is 9.94. The van der Waals surface area contributed by atoms with Crippen molar-refractivity contribution in [3.8, 4) is 0 Å². The molecule has 0 spiro atoms. The topological polar surface area (TPSA) is 35.6 Å². The highest BCUT2D eigenvalue weighted by atomic mass is 19.1. The van der Waals surface area contributed by atoms with Crippen molar-refractivity contribution in [3.05, 3.63) is 35.6 Å². The van der Waals surface area contributed by atoms with Crippen LogP contribution < -0.4 is 5.32 Å². The van der Waals surface area contributed by atoms with Gasteiger partial charge in [-0.05, 0) is 37.1 Å². The maximum atomic E-state index is 13.1. The van der Waals surface area contributed by atoms with Gasteiger partial charge >= 0.3 is 0 Å². The van der Waals surface area contributed by atoms with Crippen LogP contribution in [-0.4, -0.2) is 61.0 Å². The fourth-order valence-corrected chi connectivity index (χ4v) is 4.11. The van der Waals surface area contributed by atoms with E-state index in [9.17, 15) is 9.18 Å². The normalized spacial score (nSPS) is 25.2. The Hall–Kier alpha value is -1.46. The molecule has 2 fully saturated rings. The van der Waals surface area contributed by atoms with Crippen LogP contribution in [0.25, 0.3) is 0 Å². The zero-order valence-electron chi connectivity index (χ0n) is 15.2. The van der Waals surface area contributed by atoms with Crippen molar-refractivity contribution < 1.29 is 9.18 Å². The first-order chi connectivity index (χ1) is 12.2. The van der Waals surface area contributed by atoms with Gasteiger partial charge in [-0.1, -0.05) is 25.5 Å². The van der Waals surface area contributed by atoms with Crippen LogP contribution in [0.3, 0.4) is 0 Å². The number of carbonyl (C=O) groups excluding carboxylic acids is 1. The van der Waals surface area contributed by atoms with Crippen LogP contribution in [0, 0.1) is 5.82 Å². The smallest absolute Gasteiger partial charge is 0.221 e. The second kappa shape index (κ2) is 8.77. The lowest BCUT2D eigenvalue weighted by Crippen LogP contribution is -2.47. The molecule has 2 atom stereocenters. The van der Waals surface area contributed by atoms with E-state index in [2.05, 4.69) is 22.0 Å². The minimum absolute atomic E-state index is 0.150. The van der Waals surface area contributed by atoms with Crippen molar-refractivity contribution in [1.29, 1.82) is 0 Å². The molecule has 3 rings (SSSR count). The van der Waals surface area contributed by atoms with Crippen LogP contribution in [0.2, 0.25) is 0 Å². The first kappa shape index (κ1) is 18.3. The Morgan fingerprint density at radius 1 is 1.12 bits per heavy atom. The van der Waals surface area contributed by atoms with E-state index in [1.165, 1.54) is 12.1 Å². The molecule has 1 aliphatic carbocycles. The van der Waals surface area contributed by atoms with Gasteiger partial charge in [0.25, 0.3) is 0 Å². The Bertz CT molecular complexity index is 555. The molecule has 4 nitrogen and oxygen atoms in total.